The van der Waals surface area contributed by atoms with E-state index in [0.29, 0.717) is 36.0 Å². The number of benzene rings is 2. The summed E-state index contributed by atoms with van der Waals surface area (Å²) in [5.74, 6) is -0.291. The first-order valence-electron chi connectivity index (χ1n) is 9.90. The second-order valence-electron chi connectivity index (χ2n) is 6.71. The molecular weight excluding hydrogens is 424 g/mol. The minimum absolute atomic E-state index is 0.0443. The topological polar surface area (TPSA) is 90.5 Å². The molecule has 0 bridgehead atoms. The van der Waals surface area contributed by atoms with Crippen molar-refractivity contribution in [2.75, 3.05) is 42.1 Å². The number of carbonyl (C=O) groups is 1. The summed E-state index contributed by atoms with van der Waals surface area (Å²) in [6, 6.07) is 10.2. The number of amides is 1. The lowest BCUT2D eigenvalue weighted by Crippen LogP contribution is -2.30. The number of hydrogen-bond acceptors (Lipinski definition) is 5. The van der Waals surface area contributed by atoms with Crippen molar-refractivity contribution >= 4 is 44.6 Å². The van der Waals surface area contributed by atoms with Gasteiger partial charge in [-0.1, -0.05) is 31.5 Å². The molecule has 9 heteroatoms. The summed E-state index contributed by atoms with van der Waals surface area (Å²) in [4.78, 5) is 12.6. The Morgan fingerprint density at radius 2 is 1.63 bits per heavy atom. The van der Waals surface area contributed by atoms with Gasteiger partial charge in [0.15, 0.2) is 0 Å². The molecule has 1 amide bonds. The molecule has 0 radical (unpaired) electrons. The van der Waals surface area contributed by atoms with E-state index in [1.165, 1.54) is 4.31 Å². The van der Waals surface area contributed by atoms with Gasteiger partial charge in [0.2, 0.25) is 15.9 Å². The van der Waals surface area contributed by atoms with Crippen molar-refractivity contribution in [2.24, 2.45) is 0 Å². The summed E-state index contributed by atoms with van der Waals surface area (Å²) < 4.78 is 27.1. The van der Waals surface area contributed by atoms with Gasteiger partial charge < -0.3 is 16.0 Å². The second-order valence-corrected chi connectivity index (χ2v) is 9.06. The number of sulfonamides is 1. The van der Waals surface area contributed by atoms with Gasteiger partial charge in [0, 0.05) is 19.6 Å². The van der Waals surface area contributed by atoms with Crippen molar-refractivity contribution in [2.45, 2.75) is 32.6 Å². The summed E-state index contributed by atoms with van der Waals surface area (Å²) in [6.45, 7) is 8.84. The molecule has 3 N–H and O–H groups in total. The standard InChI is InChI=1S/C21H29ClN4O3S/c1-5-23-19-11-9-16(30(28,29)26(6-2)7-3)13-20(19)24-14-21(27)25-18-10-8-15(4)12-17(18)22/h8-13,23-24H,5-7,14H2,1-4H3,(H,25,27). The Morgan fingerprint density at radius 3 is 2.23 bits per heavy atom. The third-order valence-electron chi connectivity index (χ3n) is 4.54. The van der Waals surface area contributed by atoms with Gasteiger partial charge >= 0.3 is 0 Å². The molecule has 0 aliphatic carbocycles. The van der Waals surface area contributed by atoms with Gasteiger partial charge in [0.25, 0.3) is 0 Å². The number of nitrogens with zero attached hydrogens (tertiary/aromatic N) is 1. The molecule has 0 aliphatic rings. The molecule has 2 rings (SSSR count). The molecule has 2 aromatic carbocycles. The molecule has 0 saturated carbocycles. The van der Waals surface area contributed by atoms with Crippen molar-refractivity contribution in [1.82, 2.24) is 4.31 Å². The fraction of sp³-hybridized carbons (Fsp3) is 0.381. The maximum Gasteiger partial charge on any atom is 0.243 e. The second kappa shape index (κ2) is 10.7. The van der Waals surface area contributed by atoms with E-state index in [1.807, 2.05) is 19.9 Å². The molecule has 0 unspecified atom stereocenters. The van der Waals surface area contributed by atoms with Crippen LogP contribution in [0.5, 0.6) is 0 Å². The van der Waals surface area contributed by atoms with Crippen LogP contribution < -0.4 is 16.0 Å². The Morgan fingerprint density at radius 1 is 0.967 bits per heavy atom. The third-order valence-corrected chi connectivity index (χ3v) is 6.90. The lowest BCUT2D eigenvalue weighted by Gasteiger charge is -2.20. The van der Waals surface area contributed by atoms with E-state index in [9.17, 15) is 13.2 Å². The predicted molar refractivity (Wildman–Crippen MR) is 124 cm³/mol. The van der Waals surface area contributed by atoms with Crippen molar-refractivity contribution in [3.63, 3.8) is 0 Å². The Kier molecular flexibility index (Phi) is 8.52. The Hall–Kier alpha value is -2.29. The largest absolute Gasteiger partial charge is 0.384 e. The maximum absolute atomic E-state index is 12.8. The van der Waals surface area contributed by atoms with Crippen molar-refractivity contribution in [3.05, 3.63) is 47.0 Å². The molecule has 0 atom stereocenters. The minimum Gasteiger partial charge on any atom is -0.384 e. The van der Waals surface area contributed by atoms with Crippen LogP contribution in [0.25, 0.3) is 0 Å². The quantitative estimate of drug-likeness (QED) is 0.503. The third kappa shape index (κ3) is 5.87. The molecule has 7 nitrogen and oxygen atoms in total. The predicted octanol–water partition coefficient (Wildman–Crippen LogP) is 4.16. The van der Waals surface area contributed by atoms with E-state index >= 15 is 0 Å². The monoisotopic (exact) mass is 452 g/mol. The van der Waals surface area contributed by atoms with Crippen LogP contribution in [0.2, 0.25) is 5.02 Å². The first-order chi connectivity index (χ1) is 14.2. The first-order valence-corrected chi connectivity index (χ1v) is 11.7. The number of anilines is 3. The SMILES string of the molecule is CCNc1ccc(S(=O)(=O)N(CC)CC)cc1NCC(=O)Nc1ccc(C)cc1Cl. The van der Waals surface area contributed by atoms with Gasteiger partial charge in [-0.25, -0.2) is 8.42 Å². The smallest absolute Gasteiger partial charge is 0.243 e. The van der Waals surface area contributed by atoms with Gasteiger partial charge in [-0.2, -0.15) is 4.31 Å². The van der Waals surface area contributed by atoms with Crippen LogP contribution in [0.1, 0.15) is 26.3 Å². The van der Waals surface area contributed by atoms with Crippen LogP contribution in [0.15, 0.2) is 41.3 Å². The number of carbonyl (C=O) groups excluding carboxylic acids is 1. The first kappa shape index (κ1) is 24.0. The van der Waals surface area contributed by atoms with E-state index in [-0.39, 0.29) is 17.3 Å². The van der Waals surface area contributed by atoms with Crippen LogP contribution in [-0.4, -0.2) is 44.8 Å². The average molecular weight is 453 g/mol. The molecule has 0 aromatic heterocycles. The Labute approximate surface area is 183 Å². The highest BCUT2D eigenvalue weighted by molar-refractivity contribution is 7.89. The van der Waals surface area contributed by atoms with Crippen LogP contribution in [-0.2, 0) is 14.8 Å². The molecule has 0 aliphatic heterocycles. The number of rotatable bonds is 10. The van der Waals surface area contributed by atoms with Crippen molar-refractivity contribution < 1.29 is 13.2 Å². The summed E-state index contributed by atoms with van der Waals surface area (Å²) >= 11 is 6.17. The van der Waals surface area contributed by atoms with Crippen molar-refractivity contribution in [1.29, 1.82) is 0 Å². The van der Waals surface area contributed by atoms with Crippen LogP contribution >= 0.6 is 11.6 Å². The van der Waals surface area contributed by atoms with Gasteiger partial charge in [0.05, 0.1) is 33.5 Å². The van der Waals surface area contributed by atoms with Gasteiger partial charge in [-0.05, 0) is 49.7 Å². The molecule has 0 saturated heterocycles. The van der Waals surface area contributed by atoms with E-state index in [0.717, 1.165) is 11.3 Å². The molecule has 2 aromatic rings. The van der Waals surface area contributed by atoms with E-state index in [4.69, 9.17) is 11.6 Å². The lowest BCUT2D eigenvalue weighted by molar-refractivity contribution is -0.114. The van der Waals surface area contributed by atoms with Gasteiger partial charge in [-0.3, -0.25) is 4.79 Å². The summed E-state index contributed by atoms with van der Waals surface area (Å²) in [5, 5.41) is 9.44. The highest BCUT2D eigenvalue weighted by atomic mass is 35.5. The number of aryl methyl sites for hydroxylation is 1. The fourth-order valence-corrected chi connectivity index (χ4v) is 4.75. The molecule has 30 heavy (non-hydrogen) atoms. The molecule has 0 spiro atoms. The van der Waals surface area contributed by atoms with Crippen molar-refractivity contribution in [3.8, 4) is 0 Å². The normalized spacial score (nSPS) is 11.4. The number of halogens is 1. The highest BCUT2D eigenvalue weighted by Gasteiger charge is 2.22. The van der Waals surface area contributed by atoms with E-state index < -0.39 is 10.0 Å². The summed E-state index contributed by atoms with van der Waals surface area (Å²) in [5.41, 5.74) is 2.78. The lowest BCUT2D eigenvalue weighted by atomic mass is 10.2. The molecule has 164 valence electrons. The zero-order valence-corrected chi connectivity index (χ0v) is 19.3. The molecule has 0 fully saturated rings. The Balaban J connectivity index is 2.21. The van der Waals surface area contributed by atoms with E-state index in [1.54, 1.807) is 44.2 Å². The van der Waals surface area contributed by atoms with Crippen LogP contribution in [0.3, 0.4) is 0 Å². The average Bonchev–Trinajstić information content (AvgIpc) is 2.70. The highest BCUT2D eigenvalue weighted by Crippen LogP contribution is 2.27. The van der Waals surface area contributed by atoms with Gasteiger partial charge in [-0.15, -0.1) is 0 Å². The summed E-state index contributed by atoms with van der Waals surface area (Å²) in [6.07, 6.45) is 0. The van der Waals surface area contributed by atoms with E-state index in [2.05, 4.69) is 16.0 Å². The molecular formula is C21H29ClN4O3S. The summed E-state index contributed by atoms with van der Waals surface area (Å²) in [7, 11) is -3.60. The number of hydrogen-bond donors (Lipinski definition) is 3. The van der Waals surface area contributed by atoms with Crippen LogP contribution in [0, 0.1) is 6.92 Å². The molecule has 0 heterocycles. The Bertz CT molecular complexity index is 992. The van der Waals surface area contributed by atoms with Crippen LogP contribution in [0.4, 0.5) is 17.1 Å². The minimum atomic E-state index is -3.60. The van der Waals surface area contributed by atoms with Gasteiger partial charge in [0.1, 0.15) is 0 Å². The fourth-order valence-electron chi connectivity index (χ4n) is 2.98. The zero-order chi connectivity index (χ0) is 22.3. The maximum atomic E-state index is 12.8. The number of nitrogens with one attached hydrogen (secondary N) is 3. The zero-order valence-electron chi connectivity index (χ0n) is 17.8.